The molecule has 177 valence electrons. The van der Waals surface area contributed by atoms with Crippen LogP contribution < -0.4 is 59.6 Å². The van der Waals surface area contributed by atoms with Crippen molar-refractivity contribution in [3.8, 4) is 22.3 Å². The van der Waals surface area contributed by atoms with Gasteiger partial charge in [0.15, 0.2) is 11.4 Å². The molecule has 2 nitrogen and oxygen atoms in total. The molecule has 5 aromatic rings. The van der Waals surface area contributed by atoms with Crippen LogP contribution in [0.15, 0.2) is 84.9 Å². The van der Waals surface area contributed by atoms with Gasteiger partial charge in [-0.2, -0.15) is 0 Å². The van der Waals surface area contributed by atoms with E-state index < -0.39 is 0 Å². The number of nitrogens with one attached hydrogen (secondary N) is 2. The molecule has 0 atom stereocenters. The summed E-state index contributed by atoms with van der Waals surface area (Å²) in [5, 5.41) is 2.45. The van der Waals surface area contributed by atoms with Gasteiger partial charge in [0.05, 0.1) is 10.8 Å². The molecule has 7 heteroatoms. The number of pyridine rings is 2. The standard InChI is InChI=1S/C26H20N2.Au.4ClH/c1-17-15-23(19-9-5-3-6-10-19)21-13-14-22-24(20-11-7-4-8-12-20)16-18(2)28-26(22)25(21)27-17;;;;;/h3-16H,1-2H3;;4*1H/p-2. The molecule has 2 N–H and O–H groups in total. The van der Waals surface area contributed by atoms with Gasteiger partial charge in [0.2, 0.25) is 0 Å². The van der Waals surface area contributed by atoms with Crippen LogP contribution in [0.5, 0.6) is 0 Å². The normalized spacial score (nSPS) is 9.52. The number of aromatic amines is 2. The van der Waals surface area contributed by atoms with Gasteiger partial charge in [-0.15, -0.1) is 0 Å². The molecule has 0 unspecified atom stereocenters. The van der Waals surface area contributed by atoms with Gasteiger partial charge in [0.1, 0.15) is 0 Å². The van der Waals surface area contributed by atoms with E-state index >= 15 is 0 Å². The summed E-state index contributed by atoms with van der Waals surface area (Å²) >= 11 is 0. The topological polar surface area (TPSA) is 28.3 Å². The zero-order chi connectivity index (χ0) is 19.1. The maximum atomic E-state index is 3.62. The minimum Gasteiger partial charge on any atom is -1.00 e. The van der Waals surface area contributed by atoms with E-state index in [4.69, 9.17) is 0 Å². The molecule has 2 aromatic heterocycles. The third-order valence-electron chi connectivity index (χ3n) is 5.32. The molecule has 0 fully saturated rings. The first kappa shape index (κ1) is 31.4. The second kappa shape index (κ2) is 13.3. The molecule has 0 saturated carbocycles. The Balaban J connectivity index is 0.00000205. The van der Waals surface area contributed by atoms with Crippen LogP contribution in [0.3, 0.4) is 0 Å². The number of aromatic nitrogens is 2. The number of hydrogen-bond donors (Lipinski definition) is 0. The monoisotopic (exact) mass is 699 g/mol. The molecule has 0 amide bonds. The molecule has 1 radical (unpaired) electrons. The Morgan fingerprint density at radius 3 is 1.15 bits per heavy atom. The summed E-state index contributed by atoms with van der Waals surface area (Å²) in [6.07, 6.45) is 0. The summed E-state index contributed by atoms with van der Waals surface area (Å²) in [4.78, 5) is 7.24. The zero-order valence-corrected chi connectivity index (χ0v) is 23.1. The smallest absolute Gasteiger partial charge is 0.284 e. The zero-order valence-electron chi connectivity index (χ0n) is 17.9. The third kappa shape index (κ3) is 6.09. The quantitative estimate of drug-likeness (QED) is 0.130. The molecular formula is C26H22AuCl4N2-2. The molecule has 33 heavy (non-hydrogen) atoms. The molecule has 2 heterocycles. The Bertz CT molecular complexity index is 1230. The summed E-state index contributed by atoms with van der Waals surface area (Å²) in [6, 6.07) is 30.2. The molecule has 0 aliphatic heterocycles. The van der Waals surface area contributed by atoms with E-state index in [0.29, 0.717) is 0 Å². The van der Waals surface area contributed by atoms with Crippen molar-refractivity contribution in [2.75, 3.05) is 0 Å². The largest absolute Gasteiger partial charge is 1.00 e. The van der Waals surface area contributed by atoms with Gasteiger partial charge in [-0.1, -0.05) is 60.7 Å². The van der Waals surface area contributed by atoms with E-state index in [2.05, 4.69) is 109 Å². The molecule has 0 saturated heterocycles. The van der Waals surface area contributed by atoms with Crippen LogP contribution in [0.2, 0.25) is 0 Å². The third-order valence-corrected chi connectivity index (χ3v) is 5.32. The Hall–Kier alpha value is -1.62. The van der Waals surface area contributed by atoms with Gasteiger partial charge in [-0.3, -0.25) is 0 Å². The van der Waals surface area contributed by atoms with Crippen molar-refractivity contribution in [2.24, 2.45) is 0 Å². The summed E-state index contributed by atoms with van der Waals surface area (Å²) in [5.41, 5.74) is 9.58. The second-order valence-electron chi connectivity index (χ2n) is 7.37. The minimum absolute atomic E-state index is 0. The molecule has 0 aliphatic rings. The Kier molecular flexibility index (Phi) is 12.7. The van der Waals surface area contributed by atoms with Crippen molar-refractivity contribution < 1.29 is 82.0 Å². The van der Waals surface area contributed by atoms with Crippen LogP contribution >= 0.6 is 0 Å². The van der Waals surface area contributed by atoms with E-state index in [-0.39, 0.29) is 72.0 Å². The van der Waals surface area contributed by atoms with Crippen molar-refractivity contribution in [2.45, 2.75) is 13.8 Å². The van der Waals surface area contributed by atoms with E-state index in [0.717, 1.165) is 22.4 Å². The van der Waals surface area contributed by atoms with Crippen LogP contribution in [-0.2, 0) is 22.4 Å². The van der Waals surface area contributed by atoms with E-state index in [1.807, 2.05) is 0 Å². The fourth-order valence-corrected chi connectivity index (χ4v) is 4.08. The SMILES string of the molecule is Cc1cc(-c2ccccc2)c2ccc3c(-c4ccccc4)cc(C)[nH+]c3c2[nH+]1.[Au].[Cl-].[Cl-].[Cl-].[Cl-]. The second-order valence-corrected chi connectivity index (χ2v) is 7.37. The first-order chi connectivity index (χ1) is 13.7. The maximum absolute atomic E-state index is 3.62. The minimum atomic E-state index is 0. The van der Waals surface area contributed by atoms with Crippen LogP contribution in [0.25, 0.3) is 44.1 Å². The van der Waals surface area contributed by atoms with Crippen LogP contribution in [-0.4, -0.2) is 0 Å². The Labute approximate surface area is 234 Å². The fraction of sp³-hybridized carbons (Fsp3) is 0.0769. The van der Waals surface area contributed by atoms with E-state index in [9.17, 15) is 0 Å². The summed E-state index contributed by atoms with van der Waals surface area (Å²) in [6.45, 7) is 4.25. The first-order valence-corrected chi connectivity index (χ1v) is 9.64. The predicted molar refractivity (Wildman–Crippen MR) is 115 cm³/mol. The molecule has 0 spiro atoms. The fourth-order valence-electron chi connectivity index (χ4n) is 4.08. The van der Waals surface area contributed by atoms with E-state index in [1.165, 1.54) is 33.0 Å². The van der Waals surface area contributed by atoms with Gasteiger partial charge >= 0.3 is 0 Å². The number of rotatable bonds is 2. The number of fused-ring (bicyclic) bond motifs is 3. The molecule has 0 aliphatic carbocycles. The van der Waals surface area contributed by atoms with Crippen molar-refractivity contribution in [1.82, 2.24) is 0 Å². The first-order valence-electron chi connectivity index (χ1n) is 9.64. The molecule has 3 aromatic carbocycles. The average molecular weight is 701 g/mol. The maximum Gasteiger partial charge on any atom is 0.284 e. The molecular weight excluding hydrogens is 679 g/mol. The van der Waals surface area contributed by atoms with Crippen LogP contribution in [0.1, 0.15) is 11.4 Å². The van der Waals surface area contributed by atoms with Gasteiger partial charge in [0.25, 0.3) is 11.0 Å². The van der Waals surface area contributed by atoms with Crippen molar-refractivity contribution in [3.05, 3.63) is 96.3 Å². The summed E-state index contributed by atoms with van der Waals surface area (Å²) in [5.74, 6) is 0. The van der Waals surface area contributed by atoms with Gasteiger partial charge in [-0.05, 0) is 23.3 Å². The van der Waals surface area contributed by atoms with Crippen molar-refractivity contribution in [3.63, 3.8) is 0 Å². The van der Waals surface area contributed by atoms with Crippen LogP contribution in [0, 0.1) is 13.8 Å². The predicted octanol–water partition coefficient (Wildman–Crippen LogP) is -6.41. The molecule has 5 rings (SSSR count). The van der Waals surface area contributed by atoms with E-state index in [1.54, 1.807) is 0 Å². The van der Waals surface area contributed by atoms with Crippen molar-refractivity contribution >= 4 is 21.8 Å². The van der Waals surface area contributed by atoms with Gasteiger partial charge in [0, 0.05) is 59.5 Å². The number of halogens is 4. The number of benzene rings is 3. The summed E-state index contributed by atoms with van der Waals surface area (Å²) < 4.78 is 0. The Morgan fingerprint density at radius 2 is 0.818 bits per heavy atom. The number of hydrogen-bond acceptors (Lipinski definition) is 0. The average Bonchev–Trinajstić information content (AvgIpc) is 2.74. The Morgan fingerprint density at radius 1 is 0.485 bits per heavy atom. The van der Waals surface area contributed by atoms with Crippen molar-refractivity contribution in [1.29, 1.82) is 0 Å². The van der Waals surface area contributed by atoms with Crippen LogP contribution in [0.4, 0.5) is 0 Å². The summed E-state index contributed by atoms with van der Waals surface area (Å²) in [7, 11) is 0. The van der Waals surface area contributed by atoms with Gasteiger partial charge < -0.3 is 49.6 Å². The number of H-pyrrole nitrogens is 2. The molecule has 0 bridgehead atoms. The number of aryl methyl sites for hydroxylation is 2. The van der Waals surface area contributed by atoms with Gasteiger partial charge in [-0.25, -0.2) is 9.97 Å².